The summed E-state index contributed by atoms with van der Waals surface area (Å²) in [7, 11) is 1.30. The van der Waals surface area contributed by atoms with Gasteiger partial charge in [-0.3, -0.25) is 0 Å². The number of allylic oxidation sites excluding steroid dienone is 1. The average Bonchev–Trinajstić information content (AvgIpc) is 2.52. The lowest BCUT2D eigenvalue weighted by Gasteiger charge is -1.99. The van der Waals surface area contributed by atoms with Gasteiger partial charge in [-0.2, -0.15) is 0 Å². The van der Waals surface area contributed by atoms with Gasteiger partial charge in [-0.1, -0.05) is 6.08 Å². The highest BCUT2D eigenvalue weighted by Gasteiger charge is 2.12. The van der Waals surface area contributed by atoms with E-state index < -0.39 is 5.97 Å². The molecule has 0 amide bonds. The van der Waals surface area contributed by atoms with Crippen LogP contribution in [0.5, 0.6) is 0 Å². The van der Waals surface area contributed by atoms with Crippen LogP contribution < -0.4 is 0 Å². The summed E-state index contributed by atoms with van der Waals surface area (Å²) < 4.78 is 6.04. The summed E-state index contributed by atoms with van der Waals surface area (Å²) in [5.74, 6) is -0.299. The van der Waals surface area contributed by atoms with Crippen LogP contribution in [0.15, 0.2) is 19.0 Å². The fourth-order valence-electron chi connectivity index (χ4n) is 0.777. The van der Waals surface area contributed by atoms with Crippen LogP contribution in [0.3, 0.4) is 0 Å². The number of carbonyl (C=O) groups is 1. The van der Waals surface area contributed by atoms with Gasteiger partial charge < -0.3 is 9.30 Å². The third kappa shape index (κ3) is 1.50. The molecule has 0 spiro atoms. The highest BCUT2D eigenvalue weighted by Crippen LogP contribution is 1.96. The fourth-order valence-corrected chi connectivity index (χ4v) is 0.777. The molecule has 0 N–H and O–H groups in total. The van der Waals surface area contributed by atoms with Crippen molar-refractivity contribution in [2.75, 3.05) is 7.11 Å². The van der Waals surface area contributed by atoms with Gasteiger partial charge in [-0.15, -0.1) is 16.8 Å². The average molecular weight is 167 g/mol. The number of aromatic nitrogens is 3. The van der Waals surface area contributed by atoms with Gasteiger partial charge in [-0.25, -0.2) is 4.79 Å². The van der Waals surface area contributed by atoms with Gasteiger partial charge in [0.1, 0.15) is 6.33 Å². The molecule has 64 valence electrons. The predicted molar refractivity (Wildman–Crippen MR) is 41.6 cm³/mol. The van der Waals surface area contributed by atoms with Crippen molar-refractivity contribution in [3.8, 4) is 0 Å². The molecule has 1 rings (SSSR count). The van der Waals surface area contributed by atoms with E-state index in [1.165, 1.54) is 13.4 Å². The molecule has 1 heterocycles. The molecular formula is C7H9N3O2. The lowest BCUT2D eigenvalue weighted by atomic mass is 10.5. The highest BCUT2D eigenvalue weighted by molar-refractivity contribution is 5.85. The van der Waals surface area contributed by atoms with Crippen molar-refractivity contribution in [2.24, 2.45) is 0 Å². The number of nitrogens with zero attached hydrogens (tertiary/aromatic N) is 3. The van der Waals surface area contributed by atoms with Gasteiger partial charge in [-0.05, 0) is 0 Å². The lowest BCUT2D eigenvalue weighted by Crippen LogP contribution is -2.10. The number of esters is 1. The first-order valence-electron chi connectivity index (χ1n) is 3.36. The molecule has 0 aliphatic rings. The molecule has 1 aromatic rings. The summed E-state index contributed by atoms with van der Waals surface area (Å²) in [4.78, 5) is 11.0. The van der Waals surface area contributed by atoms with Crippen LogP contribution in [0.1, 0.15) is 10.6 Å². The van der Waals surface area contributed by atoms with Crippen LogP contribution in [0, 0.1) is 0 Å². The van der Waals surface area contributed by atoms with E-state index in [9.17, 15) is 4.79 Å². The van der Waals surface area contributed by atoms with Crippen molar-refractivity contribution in [3.05, 3.63) is 24.8 Å². The summed E-state index contributed by atoms with van der Waals surface area (Å²) >= 11 is 0. The normalized spacial score (nSPS) is 9.42. The second kappa shape index (κ2) is 3.66. The van der Waals surface area contributed by atoms with E-state index in [2.05, 4.69) is 21.5 Å². The second-order valence-electron chi connectivity index (χ2n) is 2.09. The zero-order valence-electron chi connectivity index (χ0n) is 6.73. The molecule has 5 nitrogen and oxygen atoms in total. The Morgan fingerprint density at radius 2 is 2.67 bits per heavy atom. The first-order valence-corrected chi connectivity index (χ1v) is 3.36. The van der Waals surface area contributed by atoms with E-state index >= 15 is 0 Å². The van der Waals surface area contributed by atoms with E-state index in [0.717, 1.165) is 0 Å². The molecule has 1 aromatic heterocycles. The van der Waals surface area contributed by atoms with Crippen molar-refractivity contribution < 1.29 is 9.53 Å². The van der Waals surface area contributed by atoms with Crippen molar-refractivity contribution in [2.45, 2.75) is 6.54 Å². The highest BCUT2D eigenvalue weighted by atomic mass is 16.5. The summed E-state index contributed by atoms with van der Waals surface area (Å²) in [6.45, 7) is 4.03. The largest absolute Gasteiger partial charge is 0.463 e. The molecule has 0 saturated heterocycles. The molecule has 0 unspecified atom stereocenters. The van der Waals surface area contributed by atoms with Crippen LogP contribution in [-0.4, -0.2) is 27.8 Å². The van der Waals surface area contributed by atoms with Gasteiger partial charge in [0.05, 0.1) is 7.11 Å². The molecule has 0 fully saturated rings. The molecule has 0 radical (unpaired) electrons. The van der Waals surface area contributed by atoms with Gasteiger partial charge in [0, 0.05) is 6.54 Å². The van der Waals surface area contributed by atoms with Crippen LogP contribution in [-0.2, 0) is 11.3 Å². The SMILES string of the molecule is C=CCn1cnnc1C(=O)OC. The molecule has 0 bridgehead atoms. The minimum absolute atomic E-state index is 0.192. The van der Waals surface area contributed by atoms with Gasteiger partial charge in [0.2, 0.25) is 5.82 Å². The lowest BCUT2D eigenvalue weighted by molar-refractivity contribution is 0.0581. The number of ether oxygens (including phenoxy) is 1. The number of hydrogen-bond donors (Lipinski definition) is 0. The molecule has 0 atom stereocenters. The van der Waals surface area contributed by atoms with Crippen molar-refractivity contribution in [1.82, 2.24) is 14.8 Å². The van der Waals surface area contributed by atoms with E-state index in [-0.39, 0.29) is 5.82 Å². The molecule has 0 aromatic carbocycles. The Kier molecular flexibility index (Phi) is 2.57. The maximum atomic E-state index is 11.0. The minimum atomic E-state index is -0.491. The van der Waals surface area contributed by atoms with E-state index in [0.29, 0.717) is 6.54 Å². The first kappa shape index (κ1) is 8.45. The summed E-state index contributed by atoms with van der Waals surface area (Å²) in [5.41, 5.74) is 0. The van der Waals surface area contributed by atoms with E-state index in [1.54, 1.807) is 10.6 Å². The Bertz CT molecular complexity index is 293. The Labute approximate surface area is 69.7 Å². The molecular weight excluding hydrogens is 158 g/mol. The third-order valence-electron chi connectivity index (χ3n) is 1.31. The number of rotatable bonds is 3. The van der Waals surface area contributed by atoms with Crippen LogP contribution in [0.2, 0.25) is 0 Å². The summed E-state index contributed by atoms with van der Waals surface area (Å²) in [6.07, 6.45) is 3.10. The monoisotopic (exact) mass is 167 g/mol. The Morgan fingerprint density at radius 1 is 1.92 bits per heavy atom. The Balaban J connectivity index is 2.90. The van der Waals surface area contributed by atoms with Gasteiger partial charge in [0.25, 0.3) is 0 Å². The van der Waals surface area contributed by atoms with Crippen LogP contribution in [0.4, 0.5) is 0 Å². The Morgan fingerprint density at radius 3 is 3.25 bits per heavy atom. The molecule has 5 heteroatoms. The maximum Gasteiger partial charge on any atom is 0.376 e. The van der Waals surface area contributed by atoms with Crippen molar-refractivity contribution in [1.29, 1.82) is 0 Å². The smallest absolute Gasteiger partial charge is 0.376 e. The van der Waals surface area contributed by atoms with Crippen molar-refractivity contribution in [3.63, 3.8) is 0 Å². The topological polar surface area (TPSA) is 57.0 Å². The van der Waals surface area contributed by atoms with Crippen molar-refractivity contribution >= 4 is 5.97 Å². The fraction of sp³-hybridized carbons (Fsp3) is 0.286. The quantitative estimate of drug-likeness (QED) is 0.478. The van der Waals surface area contributed by atoms with Gasteiger partial charge in [0.15, 0.2) is 0 Å². The minimum Gasteiger partial charge on any atom is -0.463 e. The van der Waals surface area contributed by atoms with Crippen LogP contribution >= 0.6 is 0 Å². The van der Waals surface area contributed by atoms with E-state index in [4.69, 9.17) is 0 Å². The molecule has 12 heavy (non-hydrogen) atoms. The summed E-state index contributed by atoms with van der Waals surface area (Å²) in [6, 6.07) is 0. The standard InChI is InChI=1S/C7H9N3O2/c1-3-4-10-5-8-9-6(10)7(11)12-2/h3,5H,1,4H2,2H3. The number of hydrogen-bond acceptors (Lipinski definition) is 4. The number of methoxy groups -OCH3 is 1. The van der Waals surface area contributed by atoms with E-state index in [1.807, 2.05) is 0 Å². The molecule has 0 aliphatic carbocycles. The molecule has 0 saturated carbocycles. The predicted octanol–water partition coefficient (Wildman–Crippen LogP) is 0.251. The zero-order chi connectivity index (χ0) is 8.97. The third-order valence-corrected chi connectivity index (χ3v) is 1.31. The summed E-state index contributed by atoms with van der Waals surface area (Å²) in [5, 5.41) is 7.17. The van der Waals surface area contributed by atoms with Gasteiger partial charge >= 0.3 is 5.97 Å². The zero-order valence-corrected chi connectivity index (χ0v) is 6.73. The number of carbonyl (C=O) groups excluding carboxylic acids is 1. The second-order valence-corrected chi connectivity index (χ2v) is 2.09. The maximum absolute atomic E-state index is 11.0. The van der Waals surface area contributed by atoms with Crippen LogP contribution in [0.25, 0.3) is 0 Å². The Hall–Kier alpha value is -1.65. The first-order chi connectivity index (χ1) is 5.79. The molecule has 0 aliphatic heterocycles.